The number of pyridine rings is 1. The van der Waals surface area contributed by atoms with Gasteiger partial charge in [-0.15, -0.1) is 0 Å². The fraction of sp³-hybridized carbons (Fsp3) is 0.200. The Morgan fingerprint density at radius 3 is 2.45 bits per heavy atom. The molecular weight excluding hydrogens is 388 g/mol. The third kappa shape index (κ3) is 3.43. The van der Waals surface area contributed by atoms with Gasteiger partial charge in [0.15, 0.2) is 17.5 Å². The van der Waals surface area contributed by atoms with Crippen LogP contribution < -0.4 is 5.32 Å². The van der Waals surface area contributed by atoms with E-state index >= 15 is 0 Å². The summed E-state index contributed by atoms with van der Waals surface area (Å²) < 4.78 is 55.4. The Balaban J connectivity index is 1.60. The molecule has 2 aromatic heterocycles. The van der Waals surface area contributed by atoms with Crippen LogP contribution in [0.5, 0.6) is 0 Å². The average Bonchev–Trinajstić information content (AvgIpc) is 2.95. The van der Waals surface area contributed by atoms with Crippen molar-refractivity contribution in [2.24, 2.45) is 0 Å². The molecule has 1 aliphatic carbocycles. The van der Waals surface area contributed by atoms with Gasteiger partial charge in [0.25, 0.3) is 11.8 Å². The van der Waals surface area contributed by atoms with Crippen LogP contribution in [0, 0.1) is 18.6 Å². The van der Waals surface area contributed by atoms with Gasteiger partial charge in [-0.3, -0.25) is 14.8 Å². The molecule has 29 heavy (non-hydrogen) atoms. The number of carbonyl (C=O) groups is 1. The van der Waals surface area contributed by atoms with E-state index < -0.39 is 29.0 Å². The van der Waals surface area contributed by atoms with Crippen molar-refractivity contribution in [2.75, 3.05) is 5.32 Å². The zero-order chi connectivity index (χ0) is 20.8. The molecule has 3 aromatic rings. The second-order valence-corrected chi connectivity index (χ2v) is 6.75. The fourth-order valence-electron chi connectivity index (χ4n) is 3.36. The summed E-state index contributed by atoms with van der Waals surface area (Å²) in [6.45, 7) is 1.79. The summed E-state index contributed by atoms with van der Waals surface area (Å²) in [5.41, 5.74) is 1.43. The zero-order valence-electron chi connectivity index (χ0n) is 15.1. The first kappa shape index (κ1) is 19.0. The number of fused-ring (bicyclic) bond motifs is 1. The fourth-order valence-corrected chi connectivity index (χ4v) is 3.36. The van der Waals surface area contributed by atoms with E-state index in [1.54, 1.807) is 13.0 Å². The molecule has 1 aliphatic rings. The van der Waals surface area contributed by atoms with E-state index in [4.69, 9.17) is 0 Å². The molecule has 2 heterocycles. The van der Waals surface area contributed by atoms with Crippen molar-refractivity contribution >= 4 is 11.7 Å². The van der Waals surface area contributed by atoms with Crippen LogP contribution in [0.3, 0.4) is 0 Å². The molecule has 5 nitrogen and oxygen atoms in total. The van der Waals surface area contributed by atoms with Crippen LogP contribution >= 0.6 is 0 Å². The lowest BCUT2D eigenvalue weighted by atomic mass is 9.98. The van der Waals surface area contributed by atoms with Gasteiger partial charge in [0.1, 0.15) is 5.56 Å². The lowest BCUT2D eigenvalue weighted by Crippen LogP contribution is -2.17. The van der Waals surface area contributed by atoms with Crippen LogP contribution in [-0.2, 0) is 12.3 Å². The highest BCUT2D eigenvalue weighted by atomic mass is 19.3. The van der Waals surface area contributed by atoms with Gasteiger partial charge in [-0.2, -0.15) is 0 Å². The number of halogens is 4. The lowest BCUT2D eigenvalue weighted by Gasteiger charge is -2.13. The quantitative estimate of drug-likeness (QED) is 0.659. The maximum atomic E-state index is 14.0. The molecule has 1 N–H and O–H groups in total. The van der Waals surface area contributed by atoms with Crippen LogP contribution in [0.1, 0.15) is 33.5 Å². The number of aromatic nitrogens is 3. The highest BCUT2D eigenvalue weighted by Crippen LogP contribution is 2.43. The van der Waals surface area contributed by atoms with Crippen LogP contribution in [0.25, 0.3) is 11.3 Å². The minimum absolute atomic E-state index is 0.0130. The molecular formula is C20H14F4N4O. The predicted octanol–water partition coefficient (Wildman–Crippen LogP) is 4.42. The van der Waals surface area contributed by atoms with E-state index in [1.807, 2.05) is 0 Å². The number of nitrogens with one attached hydrogen (secondary N) is 1. The average molecular weight is 402 g/mol. The number of anilines is 1. The van der Waals surface area contributed by atoms with Gasteiger partial charge in [0.05, 0.1) is 30.5 Å². The number of benzene rings is 1. The minimum atomic E-state index is -2.88. The molecule has 0 bridgehead atoms. The monoisotopic (exact) mass is 402 g/mol. The van der Waals surface area contributed by atoms with Crippen molar-refractivity contribution in [2.45, 2.75) is 25.7 Å². The molecule has 0 fully saturated rings. The third-order valence-corrected chi connectivity index (χ3v) is 4.80. The van der Waals surface area contributed by atoms with E-state index in [0.29, 0.717) is 23.2 Å². The molecule has 0 spiro atoms. The molecule has 1 amide bonds. The van der Waals surface area contributed by atoms with Crippen molar-refractivity contribution in [3.05, 3.63) is 70.8 Å². The molecule has 148 valence electrons. The maximum Gasteiger partial charge on any atom is 0.273 e. The van der Waals surface area contributed by atoms with Gasteiger partial charge in [-0.1, -0.05) is 6.07 Å². The molecule has 0 atom stereocenters. The Labute approximate surface area is 162 Å². The molecule has 0 saturated heterocycles. The standard InChI is InChI=1S/C20H14F4N4O/c1-10-4-11-2-3-20(23,24)13(11)5-12(10)16-8-27-17(9-26-16)28-19(29)18-14(21)6-25-7-15(18)22/h4-9H,2-3H2,1H3,(H,27,28,29). The molecule has 0 saturated carbocycles. The number of alkyl halides is 2. The summed E-state index contributed by atoms with van der Waals surface area (Å²) in [6.07, 6.45) is 4.04. The van der Waals surface area contributed by atoms with Crippen molar-refractivity contribution in [3.63, 3.8) is 0 Å². The number of carbonyl (C=O) groups excluding carboxylic acids is 1. The first-order valence-corrected chi connectivity index (χ1v) is 8.71. The van der Waals surface area contributed by atoms with Gasteiger partial charge < -0.3 is 5.32 Å². The Morgan fingerprint density at radius 1 is 1.07 bits per heavy atom. The number of amides is 1. The molecule has 0 aliphatic heterocycles. The molecule has 9 heteroatoms. The first-order valence-electron chi connectivity index (χ1n) is 8.71. The number of hydrogen-bond donors (Lipinski definition) is 1. The SMILES string of the molecule is Cc1cc2c(cc1-c1cnc(NC(=O)c3c(F)cncc3F)cn1)C(F)(F)CC2. The summed E-state index contributed by atoms with van der Waals surface area (Å²) >= 11 is 0. The zero-order valence-corrected chi connectivity index (χ0v) is 15.1. The summed E-state index contributed by atoms with van der Waals surface area (Å²) in [6, 6.07) is 3.14. The van der Waals surface area contributed by atoms with Gasteiger partial charge in [-0.25, -0.2) is 22.5 Å². The van der Waals surface area contributed by atoms with Gasteiger partial charge in [0, 0.05) is 17.5 Å². The van der Waals surface area contributed by atoms with Crippen molar-refractivity contribution in [3.8, 4) is 11.3 Å². The topological polar surface area (TPSA) is 67.8 Å². The predicted molar refractivity (Wildman–Crippen MR) is 96.5 cm³/mol. The normalized spacial score (nSPS) is 14.5. The molecule has 0 radical (unpaired) electrons. The second kappa shape index (κ2) is 6.91. The number of nitrogens with zero attached hydrogens (tertiary/aromatic N) is 3. The van der Waals surface area contributed by atoms with Gasteiger partial charge >= 0.3 is 0 Å². The van der Waals surface area contributed by atoms with E-state index in [-0.39, 0.29) is 17.8 Å². The van der Waals surface area contributed by atoms with Crippen molar-refractivity contribution < 1.29 is 22.4 Å². The van der Waals surface area contributed by atoms with Crippen LogP contribution in [0.2, 0.25) is 0 Å². The van der Waals surface area contributed by atoms with Crippen molar-refractivity contribution in [1.82, 2.24) is 15.0 Å². The van der Waals surface area contributed by atoms with Crippen LogP contribution in [-0.4, -0.2) is 20.9 Å². The van der Waals surface area contributed by atoms with E-state index in [2.05, 4.69) is 20.3 Å². The van der Waals surface area contributed by atoms with Gasteiger partial charge in [0.2, 0.25) is 0 Å². The van der Waals surface area contributed by atoms with Crippen LogP contribution in [0.15, 0.2) is 36.9 Å². The Hall–Kier alpha value is -3.36. The van der Waals surface area contributed by atoms with E-state index in [1.165, 1.54) is 18.5 Å². The Bertz CT molecular complexity index is 1100. The second-order valence-electron chi connectivity index (χ2n) is 6.75. The largest absolute Gasteiger partial charge is 0.305 e. The number of rotatable bonds is 3. The molecule has 4 rings (SSSR count). The van der Waals surface area contributed by atoms with Crippen LogP contribution in [0.4, 0.5) is 23.4 Å². The Kier molecular flexibility index (Phi) is 4.52. The summed E-state index contributed by atoms with van der Waals surface area (Å²) in [4.78, 5) is 23.6. The number of aryl methyl sites for hydroxylation is 2. The molecule has 0 unspecified atom stereocenters. The summed E-state index contributed by atoms with van der Waals surface area (Å²) in [5.74, 6) is -6.18. The summed E-state index contributed by atoms with van der Waals surface area (Å²) in [5, 5.41) is 2.25. The Morgan fingerprint density at radius 2 is 1.79 bits per heavy atom. The first-order chi connectivity index (χ1) is 13.8. The third-order valence-electron chi connectivity index (χ3n) is 4.80. The maximum absolute atomic E-state index is 14.0. The summed E-state index contributed by atoms with van der Waals surface area (Å²) in [7, 11) is 0. The van der Waals surface area contributed by atoms with Gasteiger partial charge in [-0.05, 0) is 30.5 Å². The highest BCUT2D eigenvalue weighted by Gasteiger charge is 2.39. The number of hydrogen-bond acceptors (Lipinski definition) is 4. The highest BCUT2D eigenvalue weighted by molar-refractivity contribution is 6.04. The lowest BCUT2D eigenvalue weighted by molar-refractivity contribution is -0.00181. The minimum Gasteiger partial charge on any atom is -0.305 e. The van der Waals surface area contributed by atoms with E-state index in [0.717, 1.165) is 18.0 Å². The molecule has 1 aromatic carbocycles. The van der Waals surface area contributed by atoms with E-state index in [9.17, 15) is 22.4 Å². The van der Waals surface area contributed by atoms with Crippen molar-refractivity contribution in [1.29, 1.82) is 0 Å². The smallest absolute Gasteiger partial charge is 0.273 e.